The Bertz CT molecular complexity index is 784. The maximum absolute atomic E-state index is 12.2. The Labute approximate surface area is 160 Å². The van der Waals surface area contributed by atoms with E-state index in [1.807, 2.05) is 19.1 Å². The summed E-state index contributed by atoms with van der Waals surface area (Å²) in [5, 5.41) is 13.7. The molecule has 6 nitrogen and oxygen atoms in total. The number of nitrogens with one attached hydrogen (secondary N) is 3. The van der Waals surface area contributed by atoms with Gasteiger partial charge < -0.3 is 14.9 Å². The maximum atomic E-state index is 12.2. The minimum absolute atomic E-state index is 0.0731. The van der Waals surface area contributed by atoms with Gasteiger partial charge in [0.05, 0.1) is 5.71 Å². The van der Waals surface area contributed by atoms with Crippen LogP contribution in [-0.4, -0.2) is 49.4 Å². The van der Waals surface area contributed by atoms with Gasteiger partial charge in [-0.3, -0.25) is 4.79 Å². The van der Waals surface area contributed by atoms with E-state index < -0.39 is 0 Å². The van der Waals surface area contributed by atoms with E-state index in [4.69, 9.17) is 0 Å². The van der Waals surface area contributed by atoms with Crippen molar-refractivity contribution in [1.82, 2.24) is 5.43 Å². The predicted molar refractivity (Wildman–Crippen MR) is 105 cm³/mol. The summed E-state index contributed by atoms with van der Waals surface area (Å²) in [5.41, 5.74) is 5.47. The number of nitrogens with zero attached hydrogens (tertiary/aromatic N) is 1. The maximum Gasteiger partial charge on any atom is 0.295 e. The van der Waals surface area contributed by atoms with Crippen LogP contribution in [0.1, 0.15) is 18.1 Å². The highest BCUT2D eigenvalue weighted by Gasteiger charge is 2.24. The Morgan fingerprint density at radius 3 is 2.44 bits per heavy atom. The third-order valence-corrected chi connectivity index (χ3v) is 4.98. The van der Waals surface area contributed by atoms with Crippen LogP contribution in [0.2, 0.25) is 0 Å². The molecule has 0 atom stereocenters. The van der Waals surface area contributed by atoms with Gasteiger partial charge in [0.25, 0.3) is 5.91 Å². The van der Waals surface area contributed by atoms with Gasteiger partial charge in [-0.15, -0.1) is 0 Å². The number of hydrazone groups is 1. The van der Waals surface area contributed by atoms with Crippen LogP contribution in [0.5, 0.6) is 5.75 Å². The third kappa shape index (κ3) is 5.91. The van der Waals surface area contributed by atoms with Gasteiger partial charge in [-0.25, -0.2) is 5.43 Å². The number of carbonyl (C=O) groups excluding carboxylic acids is 1. The molecule has 0 saturated carbocycles. The van der Waals surface area contributed by atoms with Crippen LogP contribution in [0.4, 0.5) is 0 Å². The second-order valence-electron chi connectivity index (χ2n) is 7.12. The number of benzene rings is 2. The highest BCUT2D eigenvalue weighted by Crippen LogP contribution is 2.11. The van der Waals surface area contributed by atoms with Gasteiger partial charge in [0.2, 0.25) is 0 Å². The average molecular weight is 368 g/mol. The van der Waals surface area contributed by atoms with E-state index in [1.54, 1.807) is 23.1 Å². The van der Waals surface area contributed by atoms with Crippen LogP contribution < -0.4 is 15.2 Å². The number of amides is 1. The summed E-state index contributed by atoms with van der Waals surface area (Å²) in [6, 6.07) is 17.4. The Balaban J connectivity index is 1.42. The monoisotopic (exact) mass is 368 g/mol. The first kappa shape index (κ1) is 19.1. The standard InChI is InChI=1S/C21H26N4O2/c1-17(19-8-5-9-20(26)14-19)22-23-21(27)16-25-12-10-24(11-13-25)15-18-6-3-2-4-7-18/h2-9,14,26H,10-13,15-16H2,1H3,(H,23,27)/p+2/b22-17-. The number of quaternary nitrogens is 2. The second-order valence-corrected chi connectivity index (χ2v) is 7.12. The van der Waals surface area contributed by atoms with Gasteiger partial charge in [0.1, 0.15) is 38.5 Å². The second kappa shape index (κ2) is 9.30. The number of hydrogen-bond acceptors (Lipinski definition) is 3. The molecule has 1 heterocycles. The number of hydrogen-bond donors (Lipinski definition) is 4. The van der Waals surface area contributed by atoms with Crippen molar-refractivity contribution in [3.05, 3.63) is 65.7 Å². The first-order chi connectivity index (χ1) is 13.1. The zero-order valence-corrected chi connectivity index (χ0v) is 15.7. The molecule has 0 radical (unpaired) electrons. The zero-order valence-electron chi connectivity index (χ0n) is 15.7. The van der Waals surface area contributed by atoms with Gasteiger partial charge in [-0.1, -0.05) is 42.5 Å². The number of rotatable bonds is 6. The van der Waals surface area contributed by atoms with E-state index >= 15 is 0 Å². The lowest BCUT2D eigenvalue weighted by Crippen LogP contribution is -3.28. The Kier molecular flexibility index (Phi) is 6.57. The molecule has 142 valence electrons. The molecule has 1 aliphatic rings. The molecule has 6 heteroatoms. The van der Waals surface area contributed by atoms with Crippen molar-refractivity contribution in [1.29, 1.82) is 0 Å². The highest BCUT2D eigenvalue weighted by molar-refractivity contribution is 5.99. The van der Waals surface area contributed by atoms with Crippen molar-refractivity contribution < 1.29 is 19.7 Å². The first-order valence-electron chi connectivity index (χ1n) is 9.44. The normalized spacial score (nSPS) is 20.3. The smallest absolute Gasteiger partial charge is 0.295 e. The molecule has 0 aromatic heterocycles. The predicted octanol–water partition coefficient (Wildman–Crippen LogP) is -0.784. The van der Waals surface area contributed by atoms with Crippen LogP contribution >= 0.6 is 0 Å². The number of piperazine rings is 1. The molecule has 4 N–H and O–H groups in total. The molecular formula is C21H28N4O2+2. The topological polar surface area (TPSA) is 70.6 Å². The largest absolute Gasteiger partial charge is 0.508 e. The molecule has 0 aliphatic carbocycles. The lowest BCUT2D eigenvalue weighted by atomic mass is 10.1. The van der Waals surface area contributed by atoms with Crippen molar-refractivity contribution in [3.8, 4) is 5.75 Å². The van der Waals surface area contributed by atoms with E-state index in [0.29, 0.717) is 12.3 Å². The molecule has 1 aliphatic heterocycles. The summed E-state index contributed by atoms with van der Waals surface area (Å²) in [6.07, 6.45) is 0. The van der Waals surface area contributed by atoms with Crippen LogP contribution in [0, 0.1) is 0 Å². The van der Waals surface area contributed by atoms with Gasteiger partial charge >= 0.3 is 0 Å². The summed E-state index contributed by atoms with van der Waals surface area (Å²) in [7, 11) is 0. The van der Waals surface area contributed by atoms with Crippen molar-refractivity contribution in [2.24, 2.45) is 5.10 Å². The summed E-state index contributed by atoms with van der Waals surface area (Å²) in [6.45, 7) is 7.43. The van der Waals surface area contributed by atoms with E-state index in [2.05, 4.69) is 34.8 Å². The van der Waals surface area contributed by atoms with Gasteiger partial charge in [0.15, 0.2) is 6.54 Å². The van der Waals surface area contributed by atoms with Crippen LogP contribution in [0.25, 0.3) is 0 Å². The molecular weight excluding hydrogens is 340 g/mol. The molecule has 1 saturated heterocycles. The molecule has 3 rings (SSSR count). The summed E-state index contributed by atoms with van der Waals surface area (Å²) < 4.78 is 0. The molecule has 2 aromatic rings. The fourth-order valence-electron chi connectivity index (χ4n) is 3.40. The zero-order chi connectivity index (χ0) is 19.1. The summed E-state index contributed by atoms with van der Waals surface area (Å²) in [4.78, 5) is 15.1. The SMILES string of the molecule is C/C(=N/NC(=O)C[NH+]1CC[NH+](Cc2ccccc2)CC1)c1cccc(O)c1. The number of aromatic hydroxyl groups is 1. The minimum atomic E-state index is -0.0731. The van der Waals surface area contributed by atoms with Crippen LogP contribution in [-0.2, 0) is 11.3 Å². The average Bonchev–Trinajstić information content (AvgIpc) is 2.68. The van der Waals surface area contributed by atoms with E-state index in [-0.39, 0.29) is 11.7 Å². The lowest BCUT2D eigenvalue weighted by Gasteiger charge is -2.29. The quantitative estimate of drug-likeness (QED) is 0.399. The molecule has 2 aromatic carbocycles. The van der Waals surface area contributed by atoms with Crippen molar-refractivity contribution in [3.63, 3.8) is 0 Å². The summed E-state index contributed by atoms with van der Waals surface area (Å²) in [5.74, 6) is 0.115. The molecule has 1 amide bonds. The molecule has 0 unspecified atom stereocenters. The molecule has 0 spiro atoms. The van der Waals surface area contributed by atoms with Crippen LogP contribution in [0.3, 0.4) is 0 Å². The Hall–Kier alpha value is -2.70. The van der Waals surface area contributed by atoms with Crippen molar-refractivity contribution in [2.45, 2.75) is 13.5 Å². The Morgan fingerprint density at radius 1 is 1.04 bits per heavy atom. The number of phenolic OH excluding ortho intramolecular Hbond substituents is 1. The molecule has 27 heavy (non-hydrogen) atoms. The number of carbonyl (C=O) groups is 1. The fourth-order valence-corrected chi connectivity index (χ4v) is 3.40. The van der Waals surface area contributed by atoms with Gasteiger partial charge in [-0.05, 0) is 19.1 Å². The Morgan fingerprint density at radius 2 is 1.74 bits per heavy atom. The van der Waals surface area contributed by atoms with Gasteiger partial charge in [0, 0.05) is 11.1 Å². The summed E-state index contributed by atoms with van der Waals surface area (Å²) >= 11 is 0. The lowest BCUT2D eigenvalue weighted by molar-refractivity contribution is -1.02. The third-order valence-electron chi connectivity index (χ3n) is 4.98. The van der Waals surface area contributed by atoms with E-state index in [0.717, 1.165) is 38.3 Å². The first-order valence-corrected chi connectivity index (χ1v) is 9.44. The highest BCUT2D eigenvalue weighted by atomic mass is 16.3. The minimum Gasteiger partial charge on any atom is -0.508 e. The number of phenols is 1. The van der Waals surface area contributed by atoms with Crippen LogP contribution in [0.15, 0.2) is 59.7 Å². The van der Waals surface area contributed by atoms with Crippen molar-refractivity contribution in [2.75, 3.05) is 32.7 Å². The van der Waals surface area contributed by atoms with E-state index in [9.17, 15) is 9.90 Å². The van der Waals surface area contributed by atoms with Gasteiger partial charge in [-0.2, -0.15) is 5.10 Å². The fraction of sp³-hybridized carbons (Fsp3) is 0.333. The molecule has 0 bridgehead atoms. The van der Waals surface area contributed by atoms with E-state index in [1.165, 1.54) is 10.5 Å². The van der Waals surface area contributed by atoms with Crippen molar-refractivity contribution >= 4 is 11.6 Å². The molecule has 1 fully saturated rings.